The first kappa shape index (κ1) is 30.1. The average molecular weight is 554 g/mol. The van der Waals surface area contributed by atoms with E-state index >= 15 is 0 Å². The van der Waals surface area contributed by atoms with Crippen LogP contribution in [-0.4, -0.2) is 85.4 Å². The molecule has 40 heavy (non-hydrogen) atoms. The standard InChI is InChI=1S/C31H43N3O6/c1-22(32-28(36)20-34-13-15-39-16-14-34)27(35)19-25(17-23-9-5-3-6-10-23)30(38)33-26(29(37)31(2)21-40-31)18-24-11-7-4-8-12-24/h4,7-9,11-12,22,25-26H,3,5-6,10,13-21H2,1-2H3,(H,32,36)(H,33,38). The van der Waals surface area contributed by atoms with E-state index < -0.39 is 23.6 Å². The highest BCUT2D eigenvalue weighted by molar-refractivity contribution is 5.98. The number of nitrogens with zero attached hydrogens (tertiary/aromatic N) is 1. The first-order valence-electron chi connectivity index (χ1n) is 14.6. The summed E-state index contributed by atoms with van der Waals surface area (Å²) in [7, 11) is 0. The number of ether oxygens (including phenoxy) is 2. The van der Waals surface area contributed by atoms with Crippen LogP contribution in [0.1, 0.15) is 57.9 Å². The fourth-order valence-corrected chi connectivity index (χ4v) is 5.38. The van der Waals surface area contributed by atoms with Crippen molar-refractivity contribution in [1.29, 1.82) is 0 Å². The minimum Gasteiger partial charge on any atom is -0.379 e. The van der Waals surface area contributed by atoms with Gasteiger partial charge in [-0.25, -0.2) is 0 Å². The molecule has 2 aliphatic heterocycles. The van der Waals surface area contributed by atoms with Gasteiger partial charge in [-0.1, -0.05) is 42.0 Å². The molecule has 1 aromatic carbocycles. The summed E-state index contributed by atoms with van der Waals surface area (Å²) in [6.07, 6.45) is 7.03. The van der Waals surface area contributed by atoms with Gasteiger partial charge in [0.1, 0.15) is 5.60 Å². The van der Waals surface area contributed by atoms with Crippen molar-refractivity contribution >= 4 is 23.4 Å². The molecule has 0 saturated carbocycles. The number of Topliss-reactive ketones (excluding diaryl/α,β-unsaturated/α-hetero) is 2. The number of nitrogens with one attached hydrogen (secondary N) is 2. The van der Waals surface area contributed by atoms with Gasteiger partial charge >= 0.3 is 0 Å². The summed E-state index contributed by atoms with van der Waals surface area (Å²) >= 11 is 0. The van der Waals surface area contributed by atoms with Crippen LogP contribution in [0.4, 0.5) is 0 Å². The predicted octanol–water partition coefficient (Wildman–Crippen LogP) is 2.37. The van der Waals surface area contributed by atoms with Crippen LogP contribution in [0.5, 0.6) is 0 Å². The molecule has 2 N–H and O–H groups in total. The zero-order valence-electron chi connectivity index (χ0n) is 23.8. The highest BCUT2D eigenvalue weighted by atomic mass is 16.6. The van der Waals surface area contributed by atoms with Crippen molar-refractivity contribution in [2.75, 3.05) is 39.5 Å². The van der Waals surface area contributed by atoms with Crippen LogP contribution in [0.25, 0.3) is 0 Å². The highest BCUT2D eigenvalue weighted by Gasteiger charge is 2.50. The van der Waals surface area contributed by atoms with Crippen molar-refractivity contribution in [3.8, 4) is 0 Å². The molecule has 9 nitrogen and oxygen atoms in total. The molecule has 2 fully saturated rings. The third-order valence-corrected chi connectivity index (χ3v) is 8.06. The van der Waals surface area contributed by atoms with Crippen LogP contribution in [0, 0.1) is 5.92 Å². The molecule has 4 rings (SSSR count). The van der Waals surface area contributed by atoms with E-state index in [9.17, 15) is 19.2 Å². The largest absolute Gasteiger partial charge is 0.379 e. The van der Waals surface area contributed by atoms with Crippen LogP contribution in [0.15, 0.2) is 42.0 Å². The quantitative estimate of drug-likeness (QED) is 0.268. The lowest BCUT2D eigenvalue weighted by atomic mass is 9.86. The Balaban J connectivity index is 1.42. The monoisotopic (exact) mass is 553 g/mol. The Morgan fingerprint density at radius 2 is 1.75 bits per heavy atom. The minimum absolute atomic E-state index is 0.0117. The van der Waals surface area contributed by atoms with Gasteiger partial charge in [0.25, 0.3) is 0 Å². The number of allylic oxidation sites excluding steroid dienone is 2. The van der Waals surface area contributed by atoms with Gasteiger partial charge < -0.3 is 20.1 Å². The lowest BCUT2D eigenvalue weighted by molar-refractivity contribution is -0.134. The molecule has 2 saturated heterocycles. The van der Waals surface area contributed by atoms with E-state index in [1.807, 2.05) is 35.2 Å². The number of ketones is 2. The van der Waals surface area contributed by atoms with E-state index in [1.54, 1.807) is 13.8 Å². The van der Waals surface area contributed by atoms with Crippen molar-refractivity contribution in [3.05, 3.63) is 47.5 Å². The Hall–Kier alpha value is -2.88. The van der Waals surface area contributed by atoms with E-state index in [1.165, 1.54) is 5.57 Å². The first-order chi connectivity index (χ1) is 19.2. The third-order valence-electron chi connectivity index (χ3n) is 8.06. The lowest BCUT2D eigenvalue weighted by Crippen LogP contribution is -2.50. The van der Waals surface area contributed by atoms with Gasteiger partial charge in [0.15, 0.2) is 11.6 Å². The Labute approximate surface area is 237 Å². The Bertz CT molecular complexity index is 1080. The van der Waals surface area contributed by atoms with Crippen LogP contribution in [-0.2, 0) is 35.1 Å². The topological polar surface area (TPSA) is 117 Å². The molecular weight excluding hydrogens is 510 g/mol. The SMILES string of the molecule is CC(NC(=O)CN1CCOCC1)C(=O)CC(CC1=CCCCC1)C(=O)NC(Cc1ccccc1)C(=O)C1(C)CO1. The Morgan fingerprint density at radius 1 is 1.02 bits per heavy atom. The molecule has 1 aromatic rings. The molecule has 2 amide bonds. The minimum atomic E-state index is -0.886. The third kappa shape index (κ3) is 8.81. The average Bonchev–Trinajstić information content (AvgIpc) is 3.71. The summed E-state index contributed by atoms with van der Waals surface area (Å²) in [6.45, 7) is 6.50. The molecule has 2 heterocycles. The second kappa shape index (κ2) is 14.1. The number of carbonyl (C=O) groups excluding carboxylic acids is 4. The highest BCUT2D eigenvalue weighted by Crippen LogP contribution is 2.30. The molecule has 0 radical (unpaired) electrons. The van der Waals surface area contributed by atoms with Gasteiger partial charge in [-0.2, -0.15) is 0 Å². The van der Waals surface area contributed by atoms with E-state index in [0.29, 0.717) is 45.8 Å². The van der Waals surface area contributed by atoms with E-state index in [2.05, 4.69) is 16.7 Å². The predicted molar refractivity (Wildman–Crippen MR) is 151 cm³/mol. The number of epoxide rings is 1. The number of carbonyl (C=O) groups is 4. The summed E-state index contributed by atoms with van der Waals surface area (Å²) in [5.74, 6) is -1.52. The molecule has 218 valence electrons. The molecule has 4 atom stereocenters. The molecular formula is C31H43N3O6. The summed E-state index contributed by atoms with van der Waals surface area (Å²) in [5.41, 5.74) is 1.22. The van der Waals surface area contributed by atoms with Gasteiger partial charge in [-0.3, -0.25) is 24.1 Å². The van der Waals surface area contributed by atoms with Crippen LogP contribution in [0.3, 0.4) is 0 Å². The zero-order chi connectivity index (χ0) is 28.5. The van der Waals surface area contributed by atoms with E-state index in [4.69, 9.17) is 9.47 Å². The Kier molecular flexibility index (Phi) is 10.6. The fourth-order valence-electron chi connectivity index (χ4n) is 5.38. The lowest BCUT2D eigenvalue weighted by Gasteiger charge is -2.27. The van der Waals surface area contributed by atoms with Gasteiger partial charge in [-0.15, -0.1) is 0 Å². The van der Waals surface area contributed by atoms with Crippen molar-refractivity contribution in [2.24, 2.45) is 5.92 Å². The maximum Gasteiger partial charge on any atom is 0.234 e. The number of hydrogen-bond donors (Lipinski definition) is 2. The van der Waals surface area contributed by atoms with Gasteiger partial charge in [-0.05, 0) is 57.9 Å². The van der Waals surface area contributed by atoms with Gasteiger partial charge in [0.2, 0.25) is 11.8 Å². The van der Waals surface area contributed by atoms with E-state index in [-0.39, 0.29) is 36.3 Å². The molecule has 0 bridgehead atoms. The smallest absolute Gasteiger partial charge is 0.234 e. The second-order valence-electron chi connectivity index (χ2n) is 11.5. The molecule has 3 aliphatic rings. The summed E-state index contributed by atoms with van der Waals surface area (Å²) in [5, 5.41) is 5.79. The van der Waals surface area contributed by atoms with Crippen molar-refractivity contribution in [2.45, 2.75) is 76.5 Å². The molecule has 9 heteroatoms. The maximum atomic E-state index is 13.7. The summed E-state index contributed by atoms with van der Waals surface area (Å²) in [4.78, 5) is 54.9. The van der Waals surface area contributed by atoms with Gasteiger partial charge in [0, 0.05) is 25.4 Å². The Morgan fingerprint density at radius 3 is 2.40 bits per heavy atom. The van der Waals surface area contributed by atoms with Crippen molar-refractivity contribution in [1.82, 2.24) is 15.5 Å². The first-order valence-corrected chi connectivity index (χ1v) is 14.6. The number of hydrogen-bond acceptors (Lipinski definition) is 7. The number of rotatable bonds is 14. The fraction of sp³-hybridized carbons (Fsp3) is 0.613. The maximum absolute atomic E-state index is 13.7. The molecule has 0 aromatic heterocycles. The van der Waals surface area contributed by atoms with E-state index in [0.717, 1.165) is 31.2 Å². The van der Waals surface area contributed by atoms with Crippen LogP contribution in [0.2, 0.25) is 0 Å². The van der Waals surface area contributed by atoms with Crippen molar-refractivity contribution < 1.29 is 28.7 Å². The normalized spacial score (nSPS) is 23.3. The number of benzene rings is 1. The number of morpholine rings is 1. The summed E-state index contributed by atoms with van der Waals surface area (Å²) in [6, 6.07) is 8.09. The molecule has 0 spiro atoms. The molecule has 4 unspecified atom stereocenters. The number of amides is 2. The summed E-state index contributed by atoms with van der Waals surface area (Å²) < 4.78 is 10.7. The van der Waals surface area contributed by atoms with Crippen LogP contribution >= 0.6 is 0 Å². The van der Waals surface area contributed by atoms with Crippen LogP contribution < -0.4 is 10.6 Å². The molecule has 1 aliphatic carbocycles. The zero-order valence-corrected chi connectivity index (χ0v) is 23.8. The van der Waals surface area contributed by atoms with Gasteiger partial charge in [0.05, 0.1) is 38.4 Å². The van der Waals surface area contributed by atoms with Crippen molar-refractivity contribution in [3.63, 3.8) is 0 Å². The second-order valence-corrected chi connectivity index (χ2v) is 11.5.